The molecule has 0 saturated carbocycles. The van der Waals surface area contributed by atoms with Gasteiger partial charge in [0.15, 0.2) is 0 Å². The number of para-hydroxylation sites is 1. The summed E-state index contributed by atoms with van der Waals surface area (Å²) in [4.78, 5) is 11.9. The highest BCUT2D eigenvalue weighted by atomic mass is 35.5. The Morgan fingerprint density at radius 2 is 1.70 bits per heavy atom. The summed E-state index contributed by atoms with van der Waals surface area (Å²) in [6.45, 7) is 0. The number of rotatable bonds is 2. The number of nitrogens with one attached hydrogen (secondary N) is 1. The van der Waals surface area contributed by atoms with E-state index in [0.717, 1.165) is 0 Å². The van der Waals surface area contributed by atoms with Crippen LogP contribution in [0.2, 0.25) is 15.1 Å². The predicted octanol–water partition coefficient (Wildman–Crippen LogP) is 5.07. The minimum absolute atomic E-state index is 0.184. The van der Waals surface area contributed by atoms with E-state index in [1.807, 2.05) is 0 Å². The maximum absolute atomic E-state index is 11.9. The van der Waals surface area contributed by atoms with Crippen LogP contribution in [0.3, 0.4) is 0 Å². The number of anilines is 2. The van der Waals surface area contributed by atoms with Crippen LogP contribution in [0.25, 0.3) is 0 Å². The standard InChI is InChI=1S/C13H9Cl3N2O2/c14-9-6-5-8(7-11(9)16)18(20)13(19)17-12-4-2-1-3-10(12)15/h1-7,20H,(H,17,19). The number of hydroxylamine groups is 1. The Labute approximate surface area is 130 Å². The number of urea groups is 1. The molecule has 0 fully saturated rings. The highest BCUT2D eigenvalue weighted by molar-refractivity contribution is 6.42. The second kappa shape index (κ2) is 6.33. The van der Waals surface area contributed by atoms with E-state index in [1.165, 1.54) is 18.2 Å². The number of hydrogen-bond acceptors (Lipinski definition) is 2. The molecule has 20 heavy (non-hydrogen) atoms. The maximum atomic E-state index is 11.9. The van der Waals surface area contributed by atoms with Gasteiger partial charge in [-0.2, -0.15) is 5.06 Å². The Bertz CT molecular complexity index is 649. The van der Waals surface area contributed by atoms with Crippen molar-refractivity contribution in [2.24, 2.45) is 0 Å². The topological polar surface area (TPSA) is 52.6 Å². The summed E-state index contributed by atoms with van der Waals surface area (Å²) in [6.07, 6.45) is 0. The summed E-state index contributed by atoms with van der Waals surface area (Å²) < 4.78 is 0. The molecule has 2 N–H and O–H groups in total. The summed E-state index contributed by atoms with van der Waals surface area (Å²) in [5.74, 6) is 0. The summed E-state index contributed by atoms with van der Waals surface area (Å²) in [5, 5.41) is 13.7. The van der Waals surface area contributed by atoms with Gasteiger partial charge in [-0.1, -0.05) is 46.9 Å². The first-order valence-electron chi connectivity index (χ1n) is 5.48. The number of carbonyl (C=O) groups excluding carboxylic acids is 1. The smallest absolute Gasteiger partial charge is 0.304 e. The first kappa shape index (κ1) is 14.9. The van der Waals surface area contributed by atoms with E-state index in [2.05, 4.69) is 5.32 Å². The van der Waals surface area contributed by atoms with Crippen molar-refractivity contribution in [1.82, 2.24) is 0 Å². The molecule has 0 aliphatic rings. The number of benzene rings is 2. The molecule has 2 rings (SSSR count). The van der Waals surface area contributed by atoms with Gasteiger partial charge < -0.3 is 5.32 Å². The number of amides is 2. The zero-order valence-corrected chi connectivity index (χ0v) is 12.2. The van der Waals surface area contributed by atoms with Gasteiger partial charge in [0.1, 0.15) is 0 Å². The Kier molecular flexibility index (Phi) is 4.73. The third kappa shape index (κ3) is 3.35. The Hall–Kier alpha value is -1.46. The van der Waals surface area contributed by atoms with Crippen LogP contribution >= 0.6 is 34.8 Å². The van der Waals surface area contributed by atoms with Crippen molar-refractivity contribution in [1.29, 1.82) is 0 Å². The molecule has 0 aromatic heterocycles. The largest absolute Gasteiger partial charge is 0.350 e. The molecule has 0 heterocycles. The number of carbonyl (C=O) groups is 1. The Balaban J connectivity index is 2.16. The second-order valence-electron chi connectivity index (χ2n) is 3.82. The quantitative estimate of drug-likeness (QED) is 0.596. The van der Waals surface area contributed by atoms with Gasteiger partial charge in [-0.25, -0.2) is 4.79 Å². The summed E-state index contributed by atoms with van der Waals surface area (Å²) in [7, 11) is 0. The lowest BCUT2D eigenvalue weighted by atomic mass is 10.3. The van der Waals surface area contributed by atoms with Crippen LogP contribution in [0.1, 0.15) is 0 Å². The lowest BCUT2D eigenvalue weighted by Gasteiger charge is -2.16. The monoisotopic (exact) mass is 330 g/mol. The van der Waals surface area contributed by atoms with Gasteiger partial charge in [0.2, 0.25) is 0 Å². The second-order valence-corrected chi connectivity index (χ2v) is 5.04. The third-order valence-corrected chi connectivity index (χ3v) is 3.52. The van der Waals surface area contributed by atoms with Crippen LogP contribution in [0.5, 0.6) is 0 Å². The normalized spacial score (nSPS) is 10.2. The lowest BCUT2D eigenvalue weighted by Crippen LogP contribution is -2.31. The van der Waals surface area contributed by atoms with Crippen molar-refractivity contribution in [3.8, 4) is 0 Å². The van der Waals surface area contributed by atoms with E-state index >= 15 is 0 Å². The average molecular weight is 332 g/mol. The van der Waals surface area contributed by atoms with Gasteiger partial charge in [0.25, 0.3) is 0 Å². The van der Waals surface area contributed by atoms with E-state index in [9.17, 15) is 10.0 Å². The van der Waals surface area contributed by atoms with Crippen LogP contribution in [0.4, 0.5) is 16.2 Å². The molecule has 0 bridgehead atoms. The summed E-state index contributed by atoms with van der Waals surface area (Å²) >= 11 is 17.5. The minimum atomic E-state index is -0.767. The van der Waals surface area contributed by atoms with Crippen LogP contribution in [0.15, 0.2) is 42.5 Å². The molecule has 0 unspecified atom stereocenters. The van der Waals surface area contributed by atoms with Crippen LogP contribution < -0.4 is 10.4 Å². The molecule has 104 valence electrons. The molecule has 2 aromatic carbocycles. The van der Waals surface area contributed by atoms with Crippen LogP contribution in [-0.4, -0.2) is 11.2 Å². The molecular formula is C13H9Cl3N2O2. The first-order valence-corrected chi connectivity index (χ1v) is 6.62. The predicted molar refractivity (Wildman–Crippen MR) is 81.2 cm³/mol. The maximum Gasteiger partial charge on any atom is 0.350 e. The van der Waals surface area contributed by atoms with E-state index in [4.69, 9.17) is 34.8 Å². The fourth-order valence-electron chi connectivity index (χ4n) is 1.46. The van der Waals surface area contributed by atoms with Gasteiger partial charge in [-0.05, 0) is 30.3 Å². The number of halogens is 3. The van der Waals surface area contributed by atoms with Gasteiger partial charge in [0, 0.05) is 0 Å². The Morgan fingerprint density at radius 1 is 1.00 bits per heavy atom. The third-order valence-electron chi connectivity index (χ3n) is 2.46. The van der Waals surface area contributed by atoms with Crippen molar-refractivity contribution in [3.05, 3.63) is 57.5 Å². The van der Waals surface area contributed by atoms with Crippen molar-refractivity contribution in [2.45, 2.75) is 0 Å². The SMILES string of the molecule is O=C(Nc1ccccc1Cl)N(O)c1ccc(Cl)c(Cl)c1. The molecule has 0 atom stereocenters. The van der Waals surface area contributed by atoms with Crippen molar-refractivity contribution >= 4 is 52.2 Å². The molecular weight excluding hydrogens is 323 g/mol. The van der Waals surface area contributed by atoms with E-state index < -0.39 is 6.03 Å². The number of hydrogen-bond donors (Lipinski definition) is 2. The zero-order valence-electron chi connectivity index (χ0n) is 9.98. The first-order chi connectivity index (χ1) is 9.49. The van der Waals surface area contributed by atoms with Gasteiger partial charge in [-0.15, -0.1) is 0 Å². The van der Waals surface area contributed by atoms with Crippen LogP contribution in [0, 0.1) is 0 Å². The minimum Gasteiger partial charge on any atom is -0.304 e. The van der Waals surface area contributed by atoms with E-state index in [1.54, 1.807) is 24.3 Å². The van der Waals surface area contributed by atoms with Gasteiger partial charge in [-0.3, -0.25) is 5.21 Å². The Morgan fingerprint density at radius 3 is 2.35 bits per heavy atom. The van der Waals surface area contributed by atoms with Gasteiger partial charge in [0.05, 0.1) is 26.4 Å². The van der Waals surface area contributed by atoms with Crippen molar-refractivity contribution < 1.29 is 10.0 Å². The van der Waals surface area contributed by atoms with Crippen molar-refractivity contribution in [3.63, 3.8) is 0 Å². The summed E-state index contributed by atoms with van der Waals surface area (Å²) in [6, 6.07) is 10.2. The molecule has 2 aromatic rings. The lowest BCUT2D eigenvalue weighted by molar-refractivity contribution is 0.216. The fraction of sp³-hybridized carbons (Fsp3) is 0. The molecule has 7 heteroatoms. The molecule has 4 nitrogen and oxygen atoms in total. The highest BCUT2D eigenvalue weighted by Gasteiger charge is 2.15. The molecule has 0 spiro atoms. The molecule has 0 aliphatic carbocycles. The van der Waals surface area contributed by atoms with Crippen molar-refractivity contribution in [2.75, 3.05) is 10.4 Å². The molecule has 2 amide bonds. The molecule has 0 aliphatic heterocycles. The molecule has 0 radical (unpaired) electrons. The van der Waals surface area contributed by atoms with E-state index in [0.29, 0.717) is 20.8 Å². The van der Waals surface area contributed by atoms with Crippen LogP contribution in [-0.2, 0) is 0 Å². The number of nitrogens with zero attached hydrogens (tertiary/aromatic N) is 1. The van der Waals surface area contributed by atoms with Gasteiger partial charge >= 0.3 is 6.03 Å². The molecule has 0 saturated heterocycles. The highest BCUT2D eigenvalue weighted by Crippen LogP contribution is 2.27. The van der Waals surface area contributed by atoms with E-state index in [-0.39, 0.29) is 10.7 Å². The average Bonchev–Trinajstić information content (AvgIpc) is 2.43. The summed E-state index contributed by atoms with van der Waals surface area (Å²) in [5.41, 5.74) is 0.572. The zero-order chi connectivity index (χ0) is 14.7. The fourth-order valence-corrected chi connectivity index (χ4v) is 1.94.